The Balaban J connectivity index is 2.50. The van der Waals surface area contributed by atoms with E-state index in [1.165, 1.54) is 6.26 Å². The maximum absolute atomic E-state index is 8.48. The smallest absolute Gasteiger partial charge is 0.103 e. The molecule has 0 aromatic heterocycles. The summed E-state index contributed by atoms with van der Waals surface area (Å²) in [7, 11) is 1.87. The van der Waals surface area contributed by atoms with Crippen molar-refractivity contribution in [1.29, 1.82) is 5.26 Å². The van der Waals surface area contributed by atoms with Crippen LogP contribution in [0.3, 0.4) is 0 Å². The van der Waals surface area contributed by atoms with Gasteiger partial charge in [0.25, 0.3) is 0 Å². The van der Waals surface area contributed by atoms with Crippen LogP contribution in [0.2, 0.25) is 0 Å². The maximum Gasteiger partial charge on any atom is 0.103 e. The van der Waals surface area contributed by atoms with Crippen LogP contribution < -0.4 is 5.32 Å². The summed E-state index contributed by atoms with van der Waals surface area (Å²) in [6.07, 6.45) is 2.32. The monoisotopic (exact) mass is 138 g/mol. The van der Waals surface area contributed by atoms with Gasteiger partial charge in [-0.3, -0.25) is 0 Å². The summed E-state index contributed by atoms with van der Waals surface area (Å²) in [5.74, 6) is 0. The molecule has 0 radical (unpaired) electrons. The molecular formula is C7H10N2O. The van der Waals surface area contributed by atoms with Crippen LogP contribution in [-0.4, -0.2) is 19.7 Å². The number of rotatable bonds is 1. The van der Waals surface area contributed by atoms with Gasteiger partial charge in [-0.15, -0.1) is 0 Å². The van der Waals surface area contributed by atoms with Crippen molar-refractivity contribution < 1.29 is 4.74 Å². The van der Waals surface area contributed by atoms with Gasteiger partial charge in [0, 0.05) is 12.5 Å². The lowest BCUT2D eigenvalue weighted by Crippen LogP contribution is -2.32. The number of nitriles is 1. The summed E-state index contributed by atoms with van der Waals surface area (Å²) in [5.41, 5.74) is 0.714. The van der Waals surface area contributed by atoms with Crippen molar-refractivity contribution in [3.8, 4) is 6.07 Å². The lowest BCUT2D eigenvalue weighted by Gasteiger charge is -2.18. The molecule has 0 aromatic rings. The molecule has 1 aliphatic heterocycles. The van der Waals surface area contributed by atoms with E-state index in [1.807, 2.05) is 7.05 Å². The Morgan fingerprint density at radius 3 is 3.30 bits per heavy atom. The van der Waals surface area contributed by atoms with E-state index in [2.05, 4.69) is 11.4 Å². The average molecular weight is 138 g/mol. The zero-order valence-electron chi connectivity index (χ0n) is 5.92. The Bertz CT molecular complexity index is 181. The van der Waals surface area contributed by atoms with Crippen LogP contribution in [0.1, 0.15) is 6.42 Å². The van der Waals surface area contributed by atoms with Crippen LogP contribution in [0, 0.1) is 11.3 Å². The Labute approximate surface area is 60.3 Å². The summed E-state index contributed by atoms with van der Waals surface area (Å²) < 4.78 is 5.03. The molecule has 1 aliphatic rings. The second-order valence-electron chi connectivity index (χ2n) is 2.28. The highest BCUT2D eigenvalue weighted by Gasteiger charge is 2.13. The molecule has 1 heterocycles. The molecule has 54 valence electrons. The molecule has 3 heteroatoms. The molecule has 0 aliphatic carbocycles. The largest absolute Gasteiger partial charge is 0.499 e. The minimum atomic E-state index is 0.305. The topological polar surface area (TPSA) is 45.0 Å². The van der Waals surface area contributed by atoms with Crippen LogP contribution >= 0.6 is 0 Å². The van der Waals surface area contributed by atoms with Crippen molar-refractivity contribution in [2.45, 2.75) is 12.5 Å². The molecule has 0 saturated heterocycles. The lowest BCUT2D eigenvalue weighted by molar-refractivity contribution is 0.194. The third kappa shape index (κ3) is 1.49. The second kappa shape index (κ2) is 3.23. The van der Waals surface area contributed by atoms with Gasteiger partial charge in [-0.2, -0.15) is 5.26 Å². The first-order valence-electron chi connectivity index (χ1n) is 3.25. The highest BCUT2D eigenvalue weighted by molar-refractivity contribution is 5.20. The molecule has 1 rings (SSSR count). The van der Waals surface area contributed by atoms with E-state index in [4.69, 9.17) is 10.00 Å². The van der Waals surface area contributed by atoms with Crippen molar-refractivity contribution in [2.24, 2.45) is 0 Å². The first-order valence-corrected chi connectivity index (χ1v) is 3.25. The van der Waals surface area contributed by atoms with E-state index < -0.39 is 0 Å². The van der Waals surface area contributed by atoms with Crippen LogP contribution in [0.4, 0.5) is 0 Å². The highest BCUT2D eigenvalue weighted by atomic mass is 16.5. The van der Waals surface area contributed by atoms with Crippen LogP contribution in [0.25, 0.3) is 0 Å². The van der Waals surface area contributed by atoms with E-state index in [0.717, 1.165) is 6.42 Å². The molecule has 0 aromatic carbocycles. The first-order chi connectivity index (χ1) is 4.86. The summed E-state index contributed by atoms with van der Waals surface area (Å²) in [6.45, 7) is 0.668. The van der Waals surface area contributed by atoms with Crippen molar-refractivity contribution in [2.75, 3.05) is 13.7 Å². The van der Waals surface area contributed by atoms with Crippen molar-refractivity contribution in [3.05, 3.63) is 11.8 Å². The minimum absolute atomic E-state index is 0.305. The zero-order chi connectivity index (χ0) is 7.40. The number of likely N-dealkylation sites (N-methyl/N-ethyl adjacent to an activating group) is 1. The molecule has 3 nitrogen and oxygen atoms in total. The van der Waals surface area contributed by atoms with Gasteiger partial charge in [0.05, 0.1) is 17.9 Å². The van der Waals surface area contributed by atoms with Gasteiger partial charge in [0.1, 0.15) is 6.61 Å². The van der Waals surface area contributed by atoms with E-state index in [9.17, 15) is 0 Å². The van der Waals surface area contributed by atoms with E-state index >= 15 is 0 Å². The normalized spacial score (nSPS) is 24.4. The van der Waals surface area contributed by atoms with Gasteiger partial charge in [-0.05, 0) is 7.05 Å². The third-order valence-corrected chi connectivity index (χ3v) is 1.54. The van der Waals surface area contributed by atoms with E-state index in [-0.39, 0.29) is 0 Å². The van der Waals surface area contributed by atoms with Crippen molar-refractivity contribution in [1.82, 2.24) is 5.32 Å². The predicted octanol–water partition coefficient (Wildman–Crippen LogP) is 0.402. The number of hydrogen-bond acceptors (Lipinski definition) is 3. The molecule has 0 amide bonds. The number of ether oxygens (including phenoxy) is 1. The molecule has 0 fully saturated rings. The highest BCUT2D eigenvalue weighted by Crippen LogP contribution is 2.10. The Morgan fingerprint density at radius 1 is 1.90 bits per heavy atom. The fourth-order valence-corrected chi connectivity index (χ4v) is 0.895. The van der Waals surface area contributed by atoms with Gasteiger partial charge in [-0.25, -0.2) is 0 Å². The van der Waals surface area contributed by atoms with Gasteiger partial charge in [0.2, 0.25) is 0 Å². The van der Waals surface area contributed by atoms with Crippen molar-refractivity contribution >= 4 is 0 Å². The number of nitrogens with zero attached hydrogens (tertiary/aromatic N) is 1. The lowest BCUT2D eigenvalue weighted by atomic mass is 10.1. The van der Waals surface area contributed by atoms with Gasteiger partial charge < -0.3 is 10.1 Å². The number of hydrogen-bond donors (Lipinski definition) is 1. The second-order valence-corrected chi connectivity index (χ2v) is 2.28. The van der Waals surface area contributed by atoms with Gasteiger partial charge >= 0.3 is 0 Å². The molecule has 1 N–H and O–H groups in total. The maximum atomic E-state index is 8.48. The SMILES string of the molecule is CNC1COC=C(C#N)C1. The molecule has 1 atom stereocenters. The van der Waals surface area contributed by atoms with Crippen LogP contribution in [0.15, 0.2) is 11.8 Å². The summed E-state index contributed by atoms with van der Waals surface area (Å²) >= 11 is 0. The summed E-state index contributed by atoms with van der Waals surface area (Å²) in [4.78, 5) is 0. The zero-order valence-corrected chi connectivity index (χ0v) is 5.92. The molecule has 0 spiro atoms. The van der Waals surface area contributed by atoms with Crippen LogP contribution in [0.5, 0.6) is 0 Å². The Morgan fingerprint density at radius 2 is 2.70 bits per heavy atom. The molecule has 10 heavy (non-hydrogen) atoms. The molecule has 0 bridgehead atoms. The number of nitrogens with one attached hydrogen (secondary N) is 1. The first kappa shape index (κ1) is 7.10. The molecule has 1 unspecified atom stereocenters. The fourth-order valence-electron chi connectivity index (χ4n) is 0.895. The van der Waals surface area contributed by atoms with E-state index in [0.29, 0.717) is 18.2 Å². The standard InChI is InChI=1S/C7H10N2O/c1-9-7-2-6(3-8)4-10-5-7/h4,7,9H,2,5H2,1H3. The van der Waals surface area contributed by atoms with E-state index in [1.54, 1.807) is 0 Å². The van der Waals surface area contributed by atoms with Gasteiger partial charge in [0.15, 0.2) is 0 Å². The Kier molecular flexibility index (Phi) is 2.30. The molecular weight excluding hydrogens is 128 g/mol. The Hall–Kier alpha value is -1.01. The third-order valence-electron chi connectivity index (χ3n) is 1.54. The predicted molar refractivity (Wildman–Crippen MR) is 37.1 cm³/mol. The summed E-state index contributed by atoms with van der Waals surface area (Å²) in [5, 5.41) is 11.5. The quantitative estimate of drug-likeness (QED) is 0.570. The fraction of sp³-hybridized carbons (Fsp3) is 0.571. The van der Waals surface area contributed by atoms with Crippen molar-refractivity contribution in [3.63, 3.8) is 0 Å². The average Bonchev–Trinajstić information content (AvgIpc) is 2.05. The minimum Gasteiger partial charge on any atom is -0.499 e. The molecule has 0 saturated carbocycles. The van der Waals surface area contributed by atoms with Gasteiger partial charge in [-0.1, -0.05) is 0 Å². The summed E-state index contributed by atoms with van der Waals surface area (Å²) in [6, 6.07) is 2.37. The van der Waals surface area contributed by atoms with Crippen LogP contribution in [-0.2, 0) is 4.74 Å².